The van der Waals surface area contributed by atoms with E-state index in [-0.39, 0.29) is 6.04 Å². The first-order valence-electron chi connectivity index (χ1n) is 18.4. The second-order valence-electron chi connectivity index (χ2n) is 12.2. The highest BCUT2D eigenvalue weighted by Crippen LogP contribution is 2.33. The smallest absolute Gasteiger partial charge is 0.303 e. The van der Waals surface area contributed by atoms with Crippen LogP contribution in [0.3, 0.4) is 0 Å². The van der Waals surface area contributed by atoms with Crippen LogP contribution < -0.4 is 5.32 Å². The maximum absolute atomic E-state index is 10.5. The molecule has 1 unspecified atom stereocenters. The topological polar surface area (TPSA) is 86.9 Å². The van der Waals surface area contributed by atoms with Crippen LogP contribution in [0.15, 0.2) is 88.6 Å². The minimum absolute atomic E-state index is 0.126. The van der Waals surface area contributed by atoms with E-state index in [9.17, 15) is 4.79 Å². The fourth-order valence-electron chi connectivity index (χ4n) is 5.54. The normalized spacial score (nSPS) is 18.4. The summed E-state index contributed by atoms with van der Waals surface area (Å²) >= 11 is 0. The molecule has 2 N–H and O–H groups in total. The molecule has 48 heavy (non-hydrogen) atoms. The number of pyridine rings is 1. The summed E-state index contributed by atoms with van der Waals surface area (Å²) in [7, 11) is 0. The molecule has 0 saturated heterocycles. The summed E-state index contributed by atoms with van der Waals surface area (Å²) in [6, 6.07) is 4.34. The number of aromatic nitrogens is 1. The number of carboxylic acid groups (broad SMARTS) is 1. The van der Waals surface area contributed by atoms with Gasteiger partial charge in [-0.2, -0.15) is 0 Å². The van der Waals surface area contributed by atoms with Gasteiger partial charge in [0.25, 0.3) is 0 Å². The third-order valence-electron chi connectivity index (χ3n) is 8.35. The minimum Gasteiger partial charge on any atom is -0.481 e. The SMILES string of the molecule is C=C(C)CC1CCC(CC(=O)O)CC1.C=CC(C)NC(=NC/C=C(\C)C1=NCCC=C1)c1ccc(CC/C(=C/C)CC)nc1.CC.CC. The van der Waals surface area contributed by atoms with Crippen molar-refractivity contribution in [1.82, 2.24) is 10.3 Å². The van der Waals surface area contributed by atoms with Crippen LogP contribution in [-0.2, 0) is 11.2 Å². The number of nitrogens with zero attached hydrogens (tertiary/aromatic N) is 3. The van der Waals surface area contributed by atoms with E-state index in [4.69, 9.17) is 10.1 Å². The highest BCUT2D eigenvalue weighted by atomic mass is 16.4. The molecule has 0 bridgehead atoms. The maximum atomic E-state index is 10.5. The largest absolute Gasteiger partial charge is 0.481 e. The molecule has 1 aromatic heterocycles. The van der Waals surface area contributed by atoms with Crippen molar-refractivity contribution >= 4 is 17.5 Å². The molecule has 2 heterocycles. The van der Waals surface area contributed by atoms with Gasteiger partial charge in [0.2, 0.25) is 0 Å². The van der Waals surface area contributed by atoms with Crippen molar-refractivity contribution in [3.8, 4) is 0 Å². The lowest BCUT2D eigenvalue weighted by atomic mass is 9.78. The molecule has 0 spiro atoms. The Morgan fingerprint density at radius 1 is 1.10 bits per heavy atom. The molecule has 6 heteroatoms. The molecular weight excluding hydrogens is 592 g/mol. The number of nitrogens with one attached hydrogen (secondary N) is 1. The van der Waals surface area contributed by atoms with E-state index in [2.05, 4.69) is 99.5 Å². The fourth-order valence-corrected chi connectivity index (χ4v) is 5.54. The van der Waals surface area contributed by atoms with Gasteiger partial charge in [0, 0.05) is 36.5 Å². The van der Waals surface area contributed by atoms with Gasteiger partial charge in [-0.3, -0.25) is 19.8 Å². The van der Waals surface area contributed by atoms with E-state index in [1.54, 1.807) is 0 Å². The summed E-state index contributed by atoms with van der Waals surface area (Å²) in [4.78, 5) is 24.6. The quantitative estimate of drug-likeness (QED) is 0.118. The Kier molecular flexibility index (Phi) is 25.4. The molecule has 0 amide bonds. The van der Waals surface area contributed by atoms with E-state index < -0.39 is 5.97 Å². The van der Waals surface area contributed by atoms with Crippen LogP contribution in [0.1, 0.15) is 131 Å². The van der Waals surface area contributed by atoms with Crippen molar-refractivity contribution in [1.29, 1.82) is 0 Å². The van der Waals surface area contributed by atoms with Gasteiger partial charge < -0.3 is 10.4 Å². The third kappa shape index (κ3) is 19.3. The minimum atomic E-state index is -0.645. The highest BCUT2D eigenvalue weighted by Gasteiger charge is 2.22. The fraction of sp³-hybridized carbons (Fsp3) is 0.571. The summed E-state index contributed by atoms with van der Waals surface area (Å²) in [5, 5.41) is 12.1. The van der Waals surface area contributed by atoms with Crippen LogP contribution in [0.2, 0.25) is 0 Å². The van der Waals surface area contributed by atoms with Crippen molar-refractivity contribution in [3.63, 3.8) is 0 Å². The number of rotatable bonds is 14. The Bertz CT molecular complexity index is 1190. The van der Waals surface area contributed by atoms with Gasteiger partial charge in [0.1, 0.15) is 5.84 Å². The summed E-state index contributed by atoms with van der Waals surface area (Å²) in [6.07, 6.45) is 22.6. The van der Waals surface area contributed by atoms with E-state index in [0.29, 0.717) is 18.9 Å². The standard InChI is InChI=1S/C26H36N4.C12H20O2.2C2H6/c1-6-21(5)30-26(28-18-16-20(4)25-11-9-10-17-27-25)23-13-15-24(29-19-23)14-12-22(7-2)8-3;1-9(2)7-10-3-5-11(6-4-10)8-12(13)14;2*1-2/h6-7,9,11,13,15-16,19,21H,1,8,10,12,14,17-18H2,2-5H3,(H,28,30);10-11H,1,3-8H2,2H3,(H,13,14);2*1-2H3/b20-16+,22-7+;;;. The summed E-state index contributed by atoms with van der Waals surface area (Å²) in [5.74, 6) is 1.38. The Labute approximate surface area is 294 Å². The molecule has 2 aliphatic rings. The van der Waals surface area contributed by atoms with E-state index in [1.165, 1.54) is 24.0 Å². The zero-order valence-corrected chi connectivity index (χ0v) is 31.9. The van der Waals surface area contributed by atoms with Crippen molar-refractivity contribution in [2.75, 3.05) is 13.1 Å². The first-order valence-corrected chi connectivity index (χ1v) is 18.4. The molecule has 3 rings (SSSR count). The average Bonchev–Trinajstić information content (AvgIpc) is 3.11. The number of aliphatic imine (C=N–C) groups is 2. The number of dihydropyridines is 1. The summed E-state index contributed by atoms with van der Waals surface area (Å²) in [5.41, 5.74) is 7.06. The van der Waals surface area contributed by atoms with Gasteiger partial charge in [0.05, 0.1) is 12.3 Å². The highest BCUT2D eigenvalue weighted by molar-refractivity contribution is 6.08. The van der Waals surface area contributed by atoms with Crippen molar-refractivity contribution in [2.24, 2.45) is 21.8 Å². The van der Waals surface area contributed by atoms with Crippen LogP contribution in [0.4, 0.5) is 0 Å². The van der Waals surface area contributed by atoms with Crippen molar-refractivity contribution in [3.05, 3.63) is 89.8 Å². The number of carbonyl (C=O) groups is 1. The molecule has 0 radical (unpaired) electrons. The molecule has 1 saturated carbocycles. The Morgan fingerprint density at radius 2 is 1.75 bits per heavy atom. The molecule has 1 aromatic rings. The van der Waals surface area contributed by atoms with Crippen LogP contribution >= 0.6 is 0 Å². The number of aryl methyl sites for hydroxylation is 1. The number of hydrogen-bond donors (Lipinski definition) is 2. The van der Waals surface area contributed by atoms with Gasteiger partial charge in [-0.05, 0) is 121 Å². The number of carboxylic acids is 1. The number of hydrogen-bond acceptors (Lipinski definition) is 4. The number of aliphatic carboxylic acids is 1. The monoisotopic (exact) mass is 661 g/mol. The summed E-state index contributed by atoms with van der Waals surface area (Å²) < 4.78 is 0. The van der Waals surface area contributed by atoms with E-state index in [0.717, 1.165) is 85.8 Å². The maximum Gasteiger partial charge on any atom is 0.303 e. The molecule has 268 valence electrons. The summed E-state index contributed by atoms with van der Waals surface area (Å²) in [6.45, 7) is 27.8. The molecule has 1 fully saturated rings. The second-order valence-corrected chi connectivity index (χ2v) is 12.2. The predicted octanol–water partition coefficient (Wildman–Crippen LogP) is 10.9. The van der Waals surface area contributed by atoms with Gasteiger partial charge in [0.15, 0.2) is 0 Å². The molecule has 1 atom stereocenters. The Balaban J connectivity index is 0.00000102. The predicted molar refractivity (Wildman–Crippen MR) is 210 cm³/mol. The average molecular weight is 661 g/mol. The Hall–Kier alpha value is -3.54. The zero-order chi connectivity index (χ0) is 36.3. The van der Waals surface area contributed by atoms with Crippen molar-refractivity contribution < 1.29 is 9.90 Å². The second kappa shape index (κ2) is 27.4. The lowest BCUT2D eigenvalue weighted by Crippen LogP contribution is -2.32. The number of amidine groups is 1. The molecule has 0 aromatic carbocycles. The molecule has 6 nitrogen and oxygen atoms in total. The van der Waals surface area contributed by atoms with Gasteiger partial charge in [-0.15, -0.1) is 13.2 Å². The van der Waals surface area contributed by atoms with E-state index in [1.807, 2.05) is 40.0 Å². The lowest BCUT2D eigenvalue weighted by molar-refractivity contribution is -0.138. The number of allylic oxidation sites excluding steroid dienone is 5. The van der Waals surface area contributed by atoms with E-state index >= 15 is 0 Å². The van der Waals surface area contributed by atoms with Crippen LogP contribution in [0, 0.1) is 11.8 Å². The first kappa shape index (κ1) is 44.5. The van der Waals surface area contributed by atoms with Gasteiger partial charge in [-0.25, -0.2) is 0 Å². The van der Waals surface area contributed by atoms with Crippen molar-refractivity contribution in [2.45, 2.75) is 133 Å². The van der Waals surface area contributed by atoms with Crippen LogP contribution in [-0.4, -0.2) is 46.7 Å². The van der Waals surface area contributed by atoms with Gasteiger partial charge >= 0.3 is 5.97 Å². The first-order chi connectivity index (χ1) is 23.1. The molecular formula is C42H68N4O2. The zero-order valence-electron chi connectivity index (χ0n) is 31.9. The Morgan fingerprint density at radius 3 is 2.23 bits per heavy atom. The van der Waals surface area contributed by atoms with Gasteiger partial charge in [-0.1, -0.05) is 70.1 Å². The third-order valence-corrected chi connectivity index (χ3v) is 8.35. The molecule has 1 aliphatic carbocycles. The lowest BCUT2D eigenvalue weighted by Gasteiger charge is -2.27. The molecule has 1 aliphatic heterocycles. The van der Waals surface area contributed by atoms with Crippen LogP contribution in [0.5, 0.6) is 0 Å². The van der Waals surface area contributed by atoms with Crippen LogP contribution in [0.25, 0.3) is 0 Å².